The molecule has 0 saturated carbocycles. The van der Waals surface area contributed by atoms with Gasteiger partial charge in [-0.15, -0.1) is 23.5 Å². The minimum absolute atomic E-state index is 0.0168. The van der Waals surface area contributed by atoms with E-state index in [0.717, 1.165) is 33.6 Å². The number of hydrogen-bond acceptors (Lipinski definition) is 8. The van der Waals surface area contributed by atoms with Gasteiger partial charge in [0.15, 0.2) is 23.0 Å². The summed E-state index contributed by atoms with van der Waals surface area (Å²) in [5, 5.41) is 19.5. The van der Waals surface area contributed by atoms with Gasteiger partial charge in [0.2, 0.25) is 11.8 Å². The van der Waals surface area contributed by atoms with Gasteiger partial charge in [-0.3, -0.25) is 19.4 Å². The van der Waals surface area contributed by atoms with Crippen LogP contribution >= 0.6 is 23.5 Å². The van der Waals surface area contributed by atoms with Crippen LogP contribution in [0.5, 0.6) is 23.0 Å². The Bertz CT molecular complexity index is 1520. The van der Waals surface area contributed by atoms with Crippen LogP contribution < -0.4 is 19.3 Å². The van der Waals surface area contributed by atoms with Crippen molar-refractivity contribution >= 4 is 46.7 Å². The Balaban J connectivity index is 1.22. The number of benzene rings is 4. The van der Waals surface area contributed by atoms with Gasteiger partial charge >= 0.3 is 0 Å². The van der Waals surface area contributed by atoms with Crippen molar-refractivity contribution in [2.24, 2.45) is 0 Å². The van der Waals surface area contributed by atoms with Crippen LogP contribution in [0.1, 0.15) is 21.9 Å². The normalized spacial score (nSPS) is 18.5. The summed E-state index contributed by atoms with van der Waals surface area (Å²) in [5.41, 5.74) is 5.28. The summed E-state index contributed by atoms with van der Waals surface area (Å²) < 4.78 is 10.5. The third-order valence-electron chi connectivity index (χ3n) is 7.34. The Labute approximate surface area is 251 Å². The number of phenolic OH excluding ortho intramolecular Hbond substituents is 2. The van der Waals surface area contributed by atoms with Crippen LogP contribution in [0.25, 0.3) is 11.1 Å². The molecule has 10 heteroatoms. The molecule has 6 rings (SSSR count). The Morgan fingerprint density at radius 2 is 1.00 bits per heavy atom. The molecule has 0 spiro atoms. The SMILES string of the molecule is COc1cc(C2SCC(=O)N2c2ccc(-c3ccc(N4C(=O)CSC4c4ccc(O)c(OC)c4)cc3)cc2)ccc1O. The van der Waals surface area contributed by atoms with E-state index in [1.807, 2.05) is 60.7 Å². The van der Waals surface area contributed by atoms with Gasteiger partial charge in [0.1, 0.15) is 10.7 Å². The molecule has 2 fully saturated rings. The highest BCUT2D eigenvalue weighted by Gasteiger charge is 2.35. The van der Waals surface area contributed by atoms with E-state index < -0.39 is 0 Å². The number of methoxy groups -OCH3 is 2. The van der Waals surface area contributed by atoms with Crippen molar-refractivity contribution in [3.8, 4) is 34.1 Å². The number of anilines is 2. The van der Waals surface area contributed by atoms with E-state index in [4.69, 9.17) is 9.47 Å². The van der Waals surface area contributed by atoms with Crippen LogP contribution in [0.4, 0.5) is 11.4 Å². The number of aromatic hydroxyl groups is 2. The number of carbonyl (C=O) groups excluding carboxylic acids is 2. The predicted molar refractivity (Wildman–Crippen MR) is 167 cm³/mol. The standard InChI is InChI=1S/C32H28N2O6S2/c1-39-27-15-21(7-13-25(27)35)31-33(29(37)17-41-31)23-9-3-19(4-10-23)20-5-11-24(12-6-20)34-30(38)18-42-32(34)22-8-14-26(36)28(16-22)40-2/h3-16,31-32,35-36H,17-18H2,1-2H3. The van der Waals surface area contributed by atoms with E-state index in [-0.39, 0.29) is 34.1 Å². The fourth-order valence-electron chi connectivity index (χ4n) is 5.22. The van der Waals surface area contributed by atoms with E-state index in [2.05, 4.69) is 0 Å². The Morgan fingerprint density at radius 1 is 0.619 bits per heavy atom. The molecule has 2 heterocycles. The minimum atomic E-state index is -0.227. The van der Waals surface area contributed by atoms with Gasteiger partial charge in [-0.05, 0) is 70.8 Å². The van der Waals surface area contributed by atoms with Gasteiger partial charge in [-0.25, -0.2) is 0 Å². The third-order valence-corrected chi connectivity index (χ3v) is 9.76. The molecule has 0 radical (unpaired) electrons. The lowest BCUT2D eigenvalue weighted by molar-refractivity contribution is -0.116. The third kappa shape index (κ3) is 5.12. The zero-order valence-corrected chi connectivity index (χ0v) is 24.5. The lowest BCUT2D eigenvalue weighted by Gasteiger charge is -2.25. The largest absolute Gasteiger partial charge is 0.504 e. The molecular formula is C32H28N2O6S2. The van der Waals surface area contributed by atoms with Gasteiger partial charge in [0.25, 0.3) is 0 Å². The molecule has 42 heavy (non-hydrogen) atoms. The lowest BCUT2D eigenvalue weighted by Crippen LogP contribution is -2.27. The fraction of sp³-hybridized carbons (Fsp3) is 0.188. The molecule has 2 amide bonds. The fourth-order valence-corrected chi connectivity index (χ4v) is 7.56. The van der Waals surface area contributed by atoms with Crippen LogP contribution in [-0.4, -0.2) is 47.8 Å². The first-order valence-electron chi connectivity index (χ1n) is 13.2. The number of carbonyl (C=O) groups is 2. The van der Waals surface area contributed by atoms with Crippen molar-refractivity contribution < 1.29 is 29.3 Å². The summed E-state index contributed by atoms with van der Waals surface area (Å²) in [6.07, 6.45) is 0. The van der Waals surface area contributed by atoms with Crippen LogP contribution in [0.3, 0.4) is 0 Å². The second kappa shape index (κ2) is 11.5. The summed E-state index contributed by atoms with van der Waals surface area (Å²) in [6, 6.07) is 26.0. The molecule has 0 bridgehead atoms. The van der Waals surface area contributed by atoms with Crippen molar-refractivity contribution in [2.45, 2.75) is 10.7 Å². The molecule has 2 unspecified atom stereocenters. The maximum Gasteiger partial charge on any atom is 0.238 e. The van der Waals surface area contributed by atoms with Crippen molar-refractivity contribution in [1.82, 2.24) is 0 Å². The number of hydrogen-bond donors (Lipinski definition) is 2. The molecule has 8 nitrogen and oxygen atoms in total. The highest BCUT2D eigenvalue weighted by Crippen LogP contribution is 2.45. The van der Waals surface area contributed by atoms with Crippen molar-refractivity contribution in [3.05, 3.63) is 96.1 Å². The van der Waals surface area contributed by atoms with E-state index in [1.165, 1.54) is 37.7 Å². The lowest BCUT2D eigenvalue weighted by atomic mass is 10.0. The van der Waals surface area contributed by atoms with Crippen molar-refractivity contribution in [1.29, 1.82) is 0 Å². The molecule has 214 valence electrons. The first kappa shape index (κ1) is 27.9. The molecular weight excluding hydrogens is 572 g/mol. The molecule has 4 aromatic rings. The highest BCUT2D eigenvalue weighted by atomic mass is 32.2. The summed E-state index contributed by atoms with van der Waals surface area (Å²) in [7, 11) is 3.00. The van der Waals surface area contributed by atoms with Crippen LogP contribution in [0.2, 0.25) is 0 Å². The van der Waals surface area contributed by atoms with E-state index in [9.17, 15) is 19.8 Å². The maximum atomic E-state index is 12.9. The van der Waals surface area contributed by atoms with Crippen LogP contribution in [0.15, 0.2) is 84.9 Å². The Hall–Kier alpha value is -4.28. The average Bonchev–Trinajstić information content (AvgIpc) is 3.60. The predicted octanol–water partition coefficient (Wildman–Crippen LogP) is 6.34. The van der Waals surface area contributed by atoms with Gasteiger partial charge < -0.3 is 19.7 Å². The first-order valence-corrected chi connectivity index (χ1v) is 15.3. The Kier molecular flexibility index (Phi) is 7.66. The second-order valence-corrected chi connectivity index (χ2v) is 11.9. The number of nitrogens with zero attached hydrogens (tertiary/aromatic N) is 2. The van der Waals surface area contributed by atoms with E-state index in [1.54, 1.807) is 34.1 Å². The van der Waals surface area contributed by atoms with Crippen LogP contribution in [-0.2, 0) is 9.59 Å². The molecule has 2 atom stereocenters. The quantitative estimate of drug-likeness (QED) is 0.254. The molecule has 2 aliphatic rings. The number of phenols is 2. The monoisotopic (exact) mass is 600 g/mol. The zero-order valence-electron chi connectivity index (χ0n) is 22.9. The highest BCUT2D eigenvalue weighted by molar-refractivity contribution is 8.01. The topological polar surface area (TPSA) is 99.5 Å². The number of amides is 2. The van der Waals surface area contributed by atoms with E-state index in [0.29, 0.717) is 23.0 Å². The summed E-state index contributed by atoms with van der Waals surface area (Å²) >= 11 is 3.07. The van der Waals surface area contributed by atoms with Gasteiger partial charge in [-0.1, -0.05) is 36.4 Å². The van der Waals surface area contributed by atoms with Crippen molar-refractivity contribution in [2.75, 3.05) is 35.5 Å². The number of thioether (sulfide) groups is 2. The molecule has 2 aliphatic heterocycles. The summed E-state index contributed by atoms with van der Waals surface area (Å²) in [4.78, 5) is 29.3. The smallest absolute Gasteiger partial charge is 0.238 e. The molecule has 0 aliphatic carbocycles. The molecule has 2 N–H and O–H groups in total. The van der Waals surface area contributed by atoms with E-state index >= 15 is 0 Å². The number of ether oxygens (including phenoxy) is 2. The van der Waals surface area contributed by atoms with Crippen LogP contribution in [0, 0.1) is 0 Å². The molecule has 4 aromatic carbocycles. The molecule has 0 aromatic heterocycles. The maximum absolute atomic E-state index is 12.9. The zero-order chi connectivity index (χ0) is 29.4. The minimum Gasteiger partial charge on any atom is -0.504 e. The summed E-state index contributed by atoms with van der Waals surface area (Å²) in [6.45, 7) is 0. The Morgan fingerprint density at radius 3 is 1.36 bits per heavy atom. The summed E-state index contributed by atoms with van der Waals surface area (Å²) in [5.74, 6) is 1.61. The number of rotatable bonds is 7. The average molecular weight is 601 g/mol. The van der Waals surface area contributed by atoms with Crippen molar-refractivity contribution in [3.63, 3.8) is 0 Å². The first-order chi connectivity index (χ1) is 20.4. The molecule has 2 saturated heterocycles. The van der Waals surface area contributed by atoms with Gasteiger partial charge in [0.05, 0.1) is 25.7 Å². The second-order valence-electron chi connectivity index (χ2n) is 9.81. The van der Waals surface area contributed by atoms with Gasteiger partial charge in [0, 0.05) is 11.4 Å². The van der Waals surface area contributed by atoms with Gasteiger partial charge in [-0.2, -0.15) is 0 Å².